The first-order valence-electron chi connectivity index (χ1n) is 9.50. The minimum absolute atomic E-state index is 0.0697. The molecule has 0 fully saturated rings. The number of hydrogen-bond acceptors (Lipinski definition) is 4. The second-order valence-corrected chi connectivity index (χ2v) is 7.65. The first-order valence-corrected chi connectivity index (χ1v) is 10.4. The number of thiophene rings is 1. The maximum absolute atomic E-state index is 12.8. The van der Waals surface area contributed by atoms with Crippen molar-refractivity contribution in [1.29, 1.82) is 0 Å². The van der Waals surface area contributed by atoms with Crippen LogP contribution in [0.15, 0.2) is 101 Å². The molecule has 4 nitrogen and oxygen atoms in total. The van der Waals surface area contributed by atoms with Crippen LogP contribution in [-0.2, 0) is 4.79 Å². The standard InChI is InChI=1S/C24H22N2O2S/c27-22(26-24(21-14-8-16-29-21)19-11-5-2-6-12-19)17-25-23(20-13-7-15-28-20)18-9-3-1-4-10-18/h1-16,23-25H,17H2,(H,26,27)/t23-,24-/m1/s1. The summed E-state index contributed by atoms with van der Waals surface area (Å²) in [5.41, 5.74) is 2.11. The Morgan fingerprint density at radius 2 is 1.52 bits per heavy atom. The lowest BCUT2D eigenvalue weighted by atomic mass is 10.0. The minimum Gasteiger partial charge on any atom is -0.467 e. The average molecular weight is 403 g/mol. The van der Waals surface area contributed by atoms with E-state index in [1.807, 2.05) is 90.3 Å². The van der Waals surface area contributed by atoms with E-state index in [0.717, 1.165) is 21.8 Å². The molecule has 0 aliphatic rings. The van der Waals surface area contributed by atoms with Crippen molar-refractivity contribution in [2.24, 2.45) is 0 Å². The molecule has 0 saturated heterocycles. The third-order valence-corrected chi connectivity index (χ3v) is 5.63. The highest BCUT2D eigenvalue weighted by Gasteiger charge is 2.20. The summed E-state index contributed by atoms with van der Waals surface area (Å²) in [6, 6.07) is 27.5. The summed E-state index contributed by atoms with van der Waals surface area (Å²) in [4.78, 5) is 13.9. The highest BCUT2D eigenvalue weighted by atomic mass is 32.1. The fourth-order valence-corrected chi connectivity index (χ4v) is 4.11. The zero-order valence-corrected chi connectivity index (χ0v) is 16.6. The number of rotatable bonds is 8. The Kier molecular flexibility index (Phi) is 6.19. The second-order valence-electron chi connectivity index (χ2n) is 6.67. The Hall–Kier alpha value is -3.15. The molecule has 5 heteroatoms. The van der Waals surface area contributed by atoms with Gasteiger partial charge in [-0.3, -0.25) is 10.1 Å². The van der Waals surface area contributed by atoms with E-state index in [0.29, 0.717) is 0 Å². The van der Waals surface area contributed by atoms with Gasteiger partial charge in [0.25, 0.3) is 0 Å². The Labute approximate surface area is 174 Å². The van der Waals surface area contributed by atoms with Gasteiger partial charge >= 0.3 is 0 Å². The summed E-state index contributed by atoms with van der Waals surface area (Å²) in [5.74, 6) is 0.710. The molecule has 146 valence electrons. The molecule has 1 amide bonds. The van der Waals surface area contributed by atoms with Gasteiger partial charge in [0.2, 0.25) is 5.91 Å². The smallest absolute Gasteiger partial charge is 0.234 e. The molecule has 0 spiro atoms. The lowest BCUT2D eigenvalue weighted by Crippen LogP contribution is -2.38. The van der Waals surface area contributed by atoms with Crippen LogP contribution < -0.4 is 10.6 Å². The van der Waals surface area contributed by atoms with Gasteiger partial charge in [-0.2, -0.15) is 0 Å². The summed E-state index contributed by atoms with van der Waals surface area (Å²) >= 11 is 1.64. The fraction of sp³-hybridized carbons (Fsp3) is 0.125. The Bertz CT molecular complexity index is 1000. The van der Waals surface area contributed by atoms with E-state index in [-0.39, 0.29) is 24.5 Å². The zero-order valence-electron chi connectivity index (χ0n) is 15.8. The van der Waals surface area contributed by atoms with Crippen molar-refractivity contribution in [1.82, 2.24) is 10.6 Å². The normalized spacial score (nSPS) is 13.0. The third-order valence-electron chi connectivity index (χ3n) is 4.69. The van der Waals surface area contributed by atoms with Gasteiger partial charge in [0.15, 0.2) is 0 Å². The van der Waals surface area contributed by atoms with Crippen molar-refractivity contribution in [2.75, 3.05) is 6.54 Å². The van der Waals surface area contributed by atoms with Crippen LogP contribution in [0.3, 0.4) is 0 Å². The molecule has 0 aliphatic carbocycles. The van der Waals surface area contributed by atoms with E-state index in [1.54, 1.807) is 17.6 Å². The topological polar surface area (TPSA) is 54.3 Å². The quantitative estimate of drug-likeness (QED) is 0.440. The molecule has 0 aliphatic heterocycles. The van der Waals surface area contributed by atoms with Crippen molar-refractivity contribution in [3.63, 3.8) is 0 Å². The number of amides is 1. The molecular weight excluding hydrogens is 380 g/mol. The van der Waals surface area contributed by atoms with E-state index < -0.39 is 0 Å². The van der Waals surface area contributed by atoms with Crippen LogP contribution in [0, 0.1) is 0 Å². The average Bonchev–Trinajstić information content (AvgIpc) is 3.48. The highest BCUT2D eigenvalue weighted by Crippen LogP contribution is 2.26. The van der Waals surface area contributed by atoms with Crippen LogP contribution in [0.1, 0.15) is 33.8 Å². The number of carbonyl (C=O) groups is 1. The molecule has 0 unspecified atom stereocenters. The number of carbonyl (C=O) groups excluding carboxylic acids is 1. The van der Waals surface area contributed by atoms with Crippen molar-refractivity contribution in [3.8, 4) is 0 Å². The minimum atomic E-state index is -0.186. The van der Waals surface area contributed by atoms with Crippen molar-refractivity contribution in [2.45, 2.75) is 12.1 Å². The van der Waals surface area contributed by atoms with Crippen LogP contribution in [0.25, 0.3) is 0 Å². The lowest BCUT2D eigenvalue weighted by Gasteiger charge is -2.20. The molecular formula is C24H22N2O2S. The van der Waals surface area contributed by atoms with Crippen LogP contribution in [0.5, 0.6) is 0 Å². The van der Waals surface area contributed by atoms with E-state index >= 15 is 0 Å². The van der Waals surface area contributed by atoms with Gasteiger partial charge in [0, 0.05) is 4.88 Å². The SMILES string of the molecule is O=C(CN[C@H](c1ccccc1)c1ccco1)N[C@H](c1ccccc1)c1cccs1. The molecule has 2 atom stereocenters. The summed E-state index contributed by atoms with van der Waals surface area (Å²) < 4.78 is 5.60. The fourth-order valence-electron chi connectivity index (χ4n) is 3.31. The van der Waals surface area contributed by atoms with E-state index in [2.05, 4.69) is 10.6 Å². The summed E-state index contributed by atoms with van der Waals surface area (Å²) in [6.07, 6.45) is 1.65. The van der Waals surface area contributed by atoms with Gasteiger partial charge in [-0.1, -0.05) is 66.7 Å². The van der Waals surface area contributed by atoms with Crippen LogP contribution in [-0.4, -0.2) is 12.5 Å². The molecule has 2 aromatic carbocycles. The molecule has 2 heterocycles. The van der Waals surface area contributed by atoms with Gasteiger partial charge in [-0.25, -0.2) is 0 Å². The second kappa shape index (κ2) is 9.37. The Morgan fingerprint density at radius 3 is 2.10 bits per heavy atom. The molecule has 2 aromatic heterocycles. The van der Waals surface area contributed by atoms with Crippen molar-refractivity contribution >= 4 is 17.2 Å². The highest BCUT2D eigenvalue weighted by molar-refractivity contribution is 7.10. The van der Waals surface area contributed by atoms with E-state index in [4.69, 9.17) is 4.42 Å². The van der Waals surface area contributed by atoms with Crippen molar-refractivity contribution < 1.29 is 9.21 Å². The number of hydrogen-bond donors (Lipinski definition) is 2. The first-order chi connectivity index (χ1) is 14.3. The maximum Gasteiger partial charge on any atom is 0.234 e. The van der Waals surface area contributed by atoms with Gasteiger partial charge < -0.3 is 9.73 Å². The molecule has 0 radical (unpaired) electrons. The van der Waals surface area contributed by atoms with Gasteiger partial charge in [0.05, 0.1) is 24.9 Å². The molecule has 29 heavy (non-hydrogen) atoms. The van der Waals surface area contributed by atoms with Gasteiger partial charge in [0.1, 0.15) is 5.76 Å². The van der Waals surface area contributed by atoms with Crippen molar-refractivity contribution in [3.05, 3.63) is 118 Å². The first kappa shape index (κ1) is 19.2. The predicted octanol–water partition coefficient (Wildman–Crippen LogP) is 4.93. The molecule has 0 bridgehead atoms. The maximum atomic E-state index is 12.8. The summed E-state index contributed by atoms with van der Waals surface area (Å²) in [7, 11) is 0. The zero-order chi connectivity index (χ0) is 19.9. The molecule has 4 rings (SSSR count). The monoisotopic (exact) mass is 402 g/mol. The third kappa shape index (κ3) is 4.83. The predicted molar refractivity (Wildman–Crippen MR) is 116 cm³/mol. The molecule has 0 saturated carbocycles. The Morgan fingerprint density at radius 1 is 0.828 bits per heavy atom. The largest absolute Gasteiger partial charge is 0.467 e. The molecule has 2 N–H and O–H groups in total. The summed E-state index contributed by atoms with van der Waals surface area (Å²) in [6.45, 7) is 0.176. The van der Waals surface area contributed by atoms with E-state index in [1.165, 1.54) is 0 Å². The lowest BCUT2D eigenvalue weighted by molar-refractivity contribution is -0.120. The number of nitrogens with one attached hydrogen (secondary N) is 2. The van der Waals surface area contributed by atoms with Crippen LogP contribution in [0.4, 0.5) is 0 Å². The van der Waals surface area contributed by atoms with Gasteiger partial charge in [-0.15, -0.1) is 11.3 Å². The number of benzene rings is 2. The van der Waals surface area contributed by atoms with E-state index in [9.17, 15) is 4.79 Å². The Balaban J connectivity index is 1.47. The molecule has 4 aromatic rings. The summed E-state index contributed by atoms with van der Waals surface area (Å²) in [5, 5.41) is 8.53. The van der Waals surface area contributed by atoms with Gasteiger partial charge in [-0.05, 0) is 34.7 Å². The van der Waals surface area contributed by atoms with Crippen LogP contribution in [0.2, 0.25) is 0 Å². The number of furan rings is 1. The van der Waals surface area contributed by atoms with Crippen LogP contribution >= 0.6 is 11.3 Å².